The number of carbonyl (C=O) groups excluding carboxylic acids is 1. The number of pyridine rings is 3. The van der Waals surface area contributed by atoms with Crippen LogP contribution in [0.3, 0.4) is 0 Å². The minimum Gasteiger partial charge on any atom is -0.380 e. The smallest absolute Gasteiger partial charge is 0.276 e. The highest BCUT2D eigenvalue weighted by atomic mass is 19.3. The number of aryl methyl sites for hydroxylation is 2. The molecule has 7 nitrogen and oxygen atoms in total. The van der Waals surface area contributed by atoms with Crippen molar-refractivity contribution in [1.82, 2.24) is 14.5 Å². The van der Waals surface area contributed by atoms with Gasteiger partial charge in [-0.05, 0) is 37.5 Å². The number of hydrogen-bond acceptors (Lipinski definition) is 5. The third-order valence-corrected chi connectivity index (χ3v) is 5.49. The summed E-state index contributed by atoms with van der Waals surface area (Å²) in [5.74, 6) is -2.99. The van der Waals surface area contributed by atoms with E-state index in [-0.39, 0.29) is 23.1 Å². The molecule has 0 radical (unpaired) electrons. The Balaban J connectivity index is 1.74. The van der Waals surface area contributed by atoms with Crippen molar-refractivity contribution in [2.75, 3.05) is 5.32 Å². The van der Waals surface area contributed by atoms with E-state index in [1.807, 2.05) is 0 Å². The average molecular weight is 428 g/mol. The van der Waals surface area contributed by atoms with Gasteiger partial charge in [-0.2, -0.15) is 0 Å². The molecule has 9 heteroatoms. The highest BCUT2D eigenvalue weighted by molar-refractivity contribution is 5.95. The first-order valence-electron chi connectivity index (χ1n) is 9.89. The SMILES string of the molecule is Cc1cc(C(O)C(C)(F)F)ncc1-c1cc2cnc(NC(=O)C3CC3)cc2n(C)c1=O. The lowest BCUT2D eigenvalue weighted by molar-refractivity contribution is -0.117. The van der Waals surface area contributed by atoms with Gasteiger partial charge in [0.2, 0.25) is 5.91 Å². The zero-order chi connectivity index (χ0) is 22.5. The first-order valence-corrected chi connectivity index (χ1v) is 9.89. The maximum atomic E-state index is 13.4. The molecular weight excluding hydrogens is 406 g/mol. The molecule has 0 spiro atoms. The second kappa shape index (κ2) is 7.49. The van der Waals surface area contributed by atoms with E-state index in [2.05, 4.69) is 15.3 Å². The lowest BCUT2D eigenvalue weighted by atomic mass is 10.00. The van der Waals surface area contributed by atoms with Crippen LogP contribution in [0.2, 0.25) is 0 Å². The molecule has 1 atom stereocenters. The molecule has 3 aromatic heterocycles. The van der Waals surface area contributed by atoms with E-state index in [9.17, 15) is 23.5 Å². The van der Waals surface area contributed by atoms with Crippen LogP contribution in [0.4, 0.5) is 14.6 Å². The molecule has 0 saturated heterocycles. The second-order valence-electron chi connectivity index (χ2n) is 8.10. The van der Waals surface area contributed by atoms with Gasteiger partial charge >= 0.3 is 0 Å². The maximum Gasteiger partial charge on any atom is 0.276 e. The lowest BCUT2D eigenvalue weighted by Crippen LogP contribution is -2.23. The van der Waals surface area contributed by atoms with Gasteiger partial charge in [0.05, 0.1) is 11.2 Å². The highest BCUT2D eigenvalue weighted by Gasteiger charge is 2.35. The summed E-state index contributed by atoms with van der Waals surface area (Å²) >= 11 is 0. The molecule has 1 aliphatic carbocycles. The van der Waals surface area contributed by atoms with Crippen molar-refractivity contribution >= 4 is 22.6 Å². The largest absolute Gasteiger partial charge is 0.380 e. The van der Waals surface area contributed by atoms with Gasteiger partial charge in [-0.25, -0.2) is 13.8 Å². The molecule has 1 saturated carbocycles. The van der Waals surface area contributed by atoms with Crippen LogP contribution in [0.1, 0.15) is 37.1 Å². The summed E-state index contributed by atoms with van der Waals surface area (Å²) in [5, 5.41) is 13.2. The lowest BCUT2D eigenvalue weighted by Gasteiger charge is -2.18. The van der Waals surface area contributed by atoms with E-state index in [4.69, 9.17) is 0 Å². The van der Waals surface area contributed by atoms with Crippen LogP contribution in [0.5, 0.6) is 0 Å². The van der Waals surface area contributed by atoms with E-state index in [1.54, 1.807) is 32.3 Å². The molecule has 3 aromatic rings. The Kier molecular flexibility index (Phi) is 5.09. The predicted molar refractivity (Wildman–Crippen MR) is 112 cm³/mol. The van der Waals surface area contributed by atoms with Gasteiger partial charge in [0.1, 0.15) is 5.82 Å². The van der Waals surface area contributed by atoms with E-state index in [0.29, 0.717) is 40.3 Å². The van der Waals surface area contributed by atoms with E-state index in [0.717, 1.165) is 12.8 Å². The summed E-state index contributed by atoms with van der Waals surface area (Å²) in [6.07, 6.45) is 2.60. The number of halogens is 2. The van der Waals surface area contributed by atoms with Gasteiger partial charge in [-0.1, -0.05) is 0 Å². The minimum absolute atomic E-state index is 0.0355. The number of aromatic nitrogens is 3. The summed E-state index contributed by atoms with van der Waals surface area (Å²) in [7, 11) is 1.61. The van der Waals surface area contributed by atoms with Gasteiger partial charge in [0.25, 0.3) is 11.5 Å². The number of carbonyl (C=O) groups is 1. The monoisotopic (exact) mass is 428 g/mol. The zero-order valence-electron chi connectivity index (χ0n) is 17.3. The van der Waals surface area contributed by atoms with E-state index >= 15 is 0 Å². The summed E-state index contributed by atoms with van der Waals surface area (Å²) < 4.78 is 28.3. The summed E-state index contributed by atoms with van der Waals surface area (Å²) in [6.45, 7) is 2.29. The normalized spacial score (nSPS) is 15.2. The number of fused-ring (bicyclic) bond motifs is 1. The molecule has 3 heterocycles. The quantitative estimate of drug-likeness (QED) is 0.650. The molecule has 1 unspecified atom stereocenters. The summed E-state index contributed by atoms with van der Waals surface area (Å²) in [5.41, 5.74) is 1.47. The second-order valence-corrected chi connectivity index (χ2v) is 8.10. The van der Waals surface area contributed by atoms with Crippen LogP contribution in [0.15, 0.2) is 35.4 Å². The Hall–Kier alpha value is -3.20. The van der Waals surface area contributed by atoms with Gasteiger partial charge in [-0.15, -0.1) is 0 Å². The van der Waals surface area contributed by atoms with Crippen LogP contribution >= 0.6 is 0 Å². The van der Waals surface area contributed by atoms with Crippen LogP contribution in [-0.2, 0) is 11.8 Å². The first-order chi connectivity index (χ1) is 14.6. The Morgan fingerprint density at radius 2 is 1.94 bits per heavy atom. The average Bonchev–Trinajstić information content (AvgIpc) is 3.55. The Morgan fingerprint density at radius 1 is 1.23 bits per heavy atom. The van der Waals surface area contributed by atoms with Crippen LogP contribution in [0, 0.1) is 12.8 Å². The van der Waals surface area contributed by atoms with Crippen molar-refractivity contribution in [2.45, 2.75) is 38.7 Å². The van der Waals surface area contributed by atoms with Crippen molar-refractivity contribution in [3.63, 3.8) is 0 Å². The maximum absolute atomic E-state index is 13.4. The van der Waals surface area contributed by atoms with Crippen molar-refractivity contribution in [3.05, 3.63) is 52.2 Å². The van der Waals surface area contributed by atoms with Gasteiger partial charge in [0, 0.05) is 54.9 Å². The topological polar surface area (TPSA) is 97.1 Å². The van der Waals surface area contributed by atoms with Crippen molar-refractivity contribution in [1.29, 1.82) is 0 Å². The molecule has 0 aliphatic heterocycles. The van der Waals surface area contributed by atoms with Crippen molar-refractivity contribution < 1.29 is 18.7 Å². The van der Waals surface area contributed by atoms with Crippen LogP contribution in [0.25, 0.3) is 22.0 Å². The Morgan fingerprint density at radius 3 is 2.55 bits per heavy atom. The standard InChI is InChI=1S/C22H22F2N4O3/c1-11-6-16(19(29)22(2,23)24)25-10-15(11)14-7-13-9-26-18(27-20(30)12-4-5-12)8-17(13)28(3)21(14)31/h6-10,12,19,29H,4-5H2,1-3H3,(H,26,27,30). The third kappa shape index (κ3) is 4.05. The number of hydrogen-bond donors (Lipinski definition) is 2. The van der Waals surface area contributed by atoms with Crippen molar-refractivity contribution in [2.24, 2.45) is 13.0 Å². The summed E-state index contributed by atoms with van der Waals surface area (Å²) in [4.78, 5) is 33.2. The molecule has 1 amide bonds. The molecule has 1 aliphatic rings. The fraction of sp³-hybridized carbons (Fsp3) is 0.364. The molecule has 4 rings (SSSR count). The van der Waals surface area contributed by atoms with Crippen molar-refractivity contribution in [3.8, 4) is 11.1 Å². The zero-order valence-corrected chi connectivity index (χ0v) is 17.3. The van der Waals surface area contributed by atoms with E-state index in [1.165, 1.54) is 16.8 Å². The number of aliphatic hydroxyl groups is 1. The van der Waals surface area contributed by atoms with E-state index < -0.39 is 12.0 Å². The predicted octanol–water partition coefficient (Wildman–Crippen LogP) is 3.34. The third-order valence-electron chi connectivity index (χ3n) is 5.49. The molecule has 0 bridgehead atoms. The number of amides is 1. The number of nitrogens with one attached hydrogen (secondary N) is 1. The molecule has 31 heavy (non-hydrogen) atoms. The number of aliphatic hydroxyl groups excluding tert-OH is 1. The molecule has 162 valence electrons. The number of anilines is 1. The number of rotatable bonds is 5. The minimum atomic E-state index is -3.33. The molecule has 2 N–H and O–H groups in total. The molecule has 1 fully saturated rings. The fourth-order valence-electron chi connectivity index (χ4n) is 3.47. The highest BCUT2D eigenvalue weighted by Crippen LogP contribution is 2.32. The summed E-state index contributed by atoms with van der Waals surface area (Å²) in [6, 6.07) is 4.66. The van der Waals surface area contributed by atoms with Crippen LogP contribution < -0.4 is 10.9 Å². The van der Waals surface area contributed by atoms with Gasteiger partial charge in [-0.3, -0.25) is 14.6 Å². The fourth-order valence-corrected chi connectivity index (χ4v) is 3.47. The molecule has 0 aromatic carbocycles. The van der Waals surface area contributed by atoms with Gasteiger partial charge < -0.3 is 15.0 Å². The molecular formula is C22H22F2N4O3. The van der Waals surface area contributed by atoms with Gasteiger partial charge in [0.15, 0.2) is 6.10 Å². The Labute approximate surface area is 176 Å². The van der Waals surface area contributed by atoms with Crippen LogP contribution in [-0.4, -0.2) is 31.5 Å². The number of nitrogens with zero attached hydrogens (tertiary/aromatic N) is 3. The first kappa shape index (κ1) is 21.0. The number of alkyl halides is 2. The Bertz CT molecular complexity index is 1250.